The highest BCUT2D eigenvalue weighted by atomic mass is 35.5. The second-order valence-electron chi connectivity index (χ2n) is 4.92. The number of furan rings is 1. The molecule has 106 valence electrons. The van der Waals surface area contributed by atoms with Crippen LogP contribution in [0.25, 0.3) is 11.0 Å². The van der Waals surface area contributed by atoms with Gasteiger partial charge in [0.15, 0.2) is 11.5 Å². The molecular weight excluding hydrogens is 290 g/mol. The molecule has 1 aliphatic heterocycles. The van der Waals surface area contributed by atoms with Gasteiger partial charge in [0.1, 0.15) is 11.3 Å². The molecule has 3 aromatic rings. The predicted octanol–water partition coefficient (Wildman–Crippen LogP) is 3.86. The molecule has 4 rings (SSSR count). The summed E-state index contributed by atoms with van der Waals surface area (Å²) in [4.78, 5) is 0. The SMILES string of the molecule is NC(c1ccc2c(c1)OCO2)c1cc2cc(Cl)ccc2o1. The topological polar surface area (TPSA) is 57.6 Å². The van der Waals surface area contributed by atoms with Crippen LogP contribution in [0.2, 0.25) is 5.02 Å². The van der Waals surface area contributed by atoms with Gasteiger partial charge in [-0.3, -0.25) is 0 Å². The van der Waals surface area contributed by atoms with Gasteiger partial charge in [0, 0.05) is 10.4 Å². The molecular formula is C16H12ClNO3. The number of hydrogen-bond acceptors (Lipinski definition) is 4. The minimum absolute atomic E-state index is 0.247. The van der Waals surface area contributed by atoms with Crippen molar-refractivity contribution in [1.82, 2.24) is 0 Å². The van der Waals surface area contributed by atoms with Gasteiger partial charge in [-0.1, -0.05) is 17.7 Å². The molecule has 1 atom stereocenters. The Morgan fingerprint density at radius 1 is 1.00 bits per heavy atom. The molecule has 1 aliphatic rings. The molecule has 0 spiro atoms. The Morgan fingerprint density at radius 2 is 1.86 bits per heavy atom. The third kappa shape index (κ3) is 2.13. The maximum Gasteiger partial charge on any atom is 0.231 e. The van der Waals surface area contributed by atoms with Crippen molar-refractivity contribution in [2.45, 2.75) is 6.04 Å². The Labute approximate surface area is 126 Å². The zero-order valence-electron chi connectivity index (χ0n) is 11.0. The van der Waals surface area contributed by atoms with E-state index in [1.807, 2.05) is 36.4 Å². The molecule has 2 N–H and O–H groups in total. The second-order valence-corrected chi connectivity index (χ2v) is 5.36. The highest BCUT2D eigenvalue weighted by molar-refractivity contribution is 6.31. The van der Waals surface area contributed by atoms with Crippen LogP contribution in [0.4, 0.5) is 0 Å². The summed E-state index contributed by atoms with van der Waals surface area (Å²) in [5.74, 6) is 2.13. The third-order valence-electron chi connectivity index (χ3n) is 3.56. The van der Waals surface area contributed by atoms with Gasteiger partial charge in [0.25, 0.3) is 0 Å². The lowest BCUT2D eigenvalue weighted by Gasteiger charge is -2.09. The average molecular weight is 302 g/mol. The molecule has 1 unspecified atom stereocenters. The van der Waals surface area contributed by atoms with E-state index in [1.54, 1.807) is 6.07 Å². The van der Waals surface area contributed by atoms with Gasteiger partial charge in [0.05, 0.1) is 6.04 Å². The van der Waals surface area contributed by atoms with Crippen LogP contribution in [0.5, 0.6) is 11.5 Å². The number of benzene rings is 2. The second kappa shape index (κ2) is 4.69. The van der Waals surface area contributed by atoms with Crippen molar-refractivity contribution in [3.8, 4) is 11.5 Å². The lowest BCUT2D eigenvalue weighted by atomic mass is 10.0. The summed E-state index contributed by atoms with van der Waals surface area (Å²) in [6, 6.07) is 12.7. The number of ether oxygens (including phenoxy) is 2. The van der Waals surface area contributed by atoms with Crippen LogP contribution in [0, 0.1) is 0 Å². The summed E-state index contributed by atoms with van der Waals surface area (Å²) in [5.41, 5.74) is 7.97. The van der Waals surface area contributed by atoms with Gasteiger partial charge < -0.3 is 19.6 Å². The van der Waals surface area contributed by atoms with Crippen LogP contribution in [-0.4, -0.2) is 6.79 Å². The average Bonchev–Trinajstić information content (AvgIpc) is 3.11. The molecule has 1 aromatic heterocycles. The summed E-state index contributed by atoms with van der Waals surface area (Å²) in [7, 11) is 0. The number of halogens is 1. The van der Waals surface area contributed by atoms with E-state index in [-0.39, 0.29) is 12.8 Å². The van der Waals surface area contributed by atoms with Crippen molar-refractivity contribution < 1.29 is 13.9 Å². The lowest BCUT2D eigenvalue weighted by Crippen LogP contribution is -2.10. The first-order valence-corrected chi connectivity index (χ1v) is 6.92. The van der Waals surface area contributed by atoms with Crippen LogP contribution in [0.3, 0.4) is 0 Å². The van der Waals surface area contributed by atoms with E-state index >= 15 is 0 Å². The van der Waals surface area contributed by atoms with Crippen LogP contribution in [-0.2, 0) is 0 Å². The Hall–Kier alpha value is -2.17. The summed E-state index contributed by atoms with van der Waals surface area (Å²) in [5, 5.41) is 1.61. The maximum absolute atomic E-state index is 6.29. The van der Waals surface area contributed by atoms with Crippen molar-refractivity contribution in [1.29, 1.82) is 0 Å². The van der Waals surface area contributed by atoms with Crippen LogP contribution < -0.4 is 15.2 Å². The number of fused-ring (bicyclic) bond motifs is 2. The van der Waals surface area contributed by atoms with Crippen molar-refractivity contribution in [2.75, 3.05) is 6.79 Å². The minimum Gasteiger partial charge on any atom is -0.459 e. The fourth-order valence-corrected chi connectivity index (χ4v) is 2.64. The van der Waals surface area contributed by atoms with Crippen LogP contribution >= 0.6 is 11.6 Å². The largest absolute Gasteiger partial charge is 0.459 e. The van der Waals surface area contributed by atoms with E-state index in [1.165, 1.54) is 0 Å². The summed E-state index contributed by atoms with van der Waals surface area (Å²) in [6.07, 6.45) is 0. The van der Waals surface area contributed by atoms with Crippen molar-refractivity contribution in [2.24, 2.45) is 5.73 Å². The van der Waals surface area contributed by atoms with Crippen LogP contribution in [0.15, 0.2) is 46.9 Å². The Kier molecular flexibility index (Phi) is 2.80. The summed E-state index contributed by atoms with van der Waals surface area (Å²) in [6.45, 7) is 0.247. The van der Waals surface area contributed by atoms with Crippen molar-refractivity contribution >= 4 is 22.6 Å². The van der Waals surface area contributed by atoms with Crippen LogP contribution in [0.1, 0.15) is 17.4 Å². The first kappa shape index (κ1) is 12.6. The molecule has 0 fully saturated rings. The van der Waals surface area contributed by atoms with Gasteiger partial charge in [0.2, 0.25) is 6.79 Å². The standard InChI is InChI=1S/C16H12ClNO3/c17-11-2-4-12-10(5-11)7-15(21-12)16(18)9-1-3-13-14(6-9)20-8-19-13/h1-7,16H,8,18H2. The van der Waals surface area contributed by atoms with E-state index in [0.717, 1.165) is 22.3 Å². The monoisotopic (exact) mass is 301 g/mol. The van der Waals surface area contributed by atoms with Gasteiger partial charge in [-0.15, -0.1) is 0 Å². The fourth-order valence-electron chi connectivity index (χ4n) is 2.46. The quantitative estimate of drug-likeness (QED) is 0.781. The first-order valence-electron chi connectivity index (χ1n) is 6.55. The van der Waals surface area contributed by atoms with Gasteiger partial charge in [-0.2, -0.15) is 0 Å². The molecule has 0 saturated carbocycles. The summed E-state index contributed by atoms with van der Waals surface area (Å²) < 4.78 is 16.5. The fraction of sp³-hybridized carbons (Fsp3) is 0.125. The van der Waals surface area contributed by atoms with E-state index in [2.05, 4.69) is 0 Å². The molecule has 0 radical (unpaired) electrons. The smallest absolute Gasteiger partial charge is 0.231 e. The number of hydrogen-bond donors (Lipinski definition) is 1. The van der Waals surface area contributed by atoms with E-state index in [4.69, 9.17) is 31.2 Å². The van der Waals surface area contributed by atoms with Crippen molar-refractivity contribution in [3.63, 3.8) is 0 Å². The number of nitrogens with two attached hydrogens (primary N) is 1. The predicted molar refractivity (Wildman–Crippen MR) is 79.8 cm³/mol. The molecule has 0 saturated heterocycles. The van der Waals surface area contributed by atoms with E-state index < -0.39 is 0 Å². The van der Waals surface area contributed by atoms with E-state index in [9.17, 15) is 0 Å². The lowest BCUT2D eigenvalue weighted by molar-refractivity contribution is 0.174. The molecule has 21 heavy (non-hydrogen) atoms. The van der Waals surface area contributed by atoms with Gasteiger partial charge >= 0.3 is 0 Å². The molecule has 0 amide bonds. The minimum atomic E-state index is -0.370. The maximum atomic E-state index is 6.29. The normalized spacial score (nSPS) is 14.6. The Bertz CT molecular complexity index is 828. The highest BCUT2D eigenvalue weighted by Gasteiger charge is 2.19. The third-order valence-corrected chi connectivity index (χ3v) is 3.79. The summed E-state index contributed by atoms with van der Waals surface area (Å²) >= 11 is 5.99. The molecule has 5 heteroatoms. The zero-order valence-corrected chi connectivity index (χ0v) is 11.8. The Morgan fingerprint density at radius 3 is 2.76 bits per heavy atom. The first-order chi connectivity index (χ1) is 10.2. The highest BCUT2D eigenvalue weighted by Crippen LogP contribution is 2.36. The number of rotatable bonds is 2. The van der Waals surface area contributed by atoms with E-state index in [0.29, 0.717) is 16.5 Å². The van der Waals surface area contributed by atoms with Gasteiger partial charge in [-0.25, -0.2) is 0 Å². The molecule has 0 bridgehead atoms. The van der Waals surface area contributed by atoms with Gasteiger partial charge in [-0.05, 0) is 42.0 Å². The molecule has 2 heterocycles. The van der Waals surface area contributed by atoms with Crippen molar-refractivity contribution in [3.05, 3.63) is 58.8 Å². The molecule has 0 aliphatic carbocycles. The molecule has 2 aromatic carbocycles. The Balaban J connectivity index is 1.73. The zero-order chi connectivity index (χ0) is 14.4. The molecule has 4 nitrogen and oxygen atoms in total.